The Morgan fingerprint density at radius 2 is 1.68 bits per heavy atom. The Morgan fingerprint density at radius 1 is 0.960 bits per heavy atom. The molecule has 0 bridgehead atoms. The van der Waals surface area contributed by atoms with E-state index in [1.54, 1.807) is 6.92 Å². The second-order valence-corrected chi connectivity index (χ2v) is 10.1. The molecular formula is C21H34O4. The van der Waals surface area contributed by atoms with Gasteiger partial charge in [-0.3, -0.25) is 4.79 Å². The summed E-state index contributed by atoms with van der Waals surface area (Å²) >= 11 is 0. The van der Waals surface area contributed by atoms with Crippen LogP contribution in [-0.2, 0) is 4.79 Å². The van der Waals surface area contributed by atoms with Crippen molar-refractivity contribution in [1.29, 1.82) is 0 Å². The van der Waals surface area contributed by atoms with E-state index in [1.165, 1.54) is 0 Å². The maximum absolute atomic E-state index is 12.2. The molecule has 3 N–H and O–H groups in total. The van der Waals surface area contributed by atoms with Crippen molar-refractivity contribution >= 4 is 5.78 Å². The van der Waals surface area contributed by atoms with Crippen molar-refractivity contribution in [3.05, 3.63) is 0 Å². The molecule has 0 radical (unpaired) electrons. The standard InChI is InChI=1S/C21H34O4/c1-11(22)14-4-5-15-19-16(6-7-20(14,15)2)21(3)12(9-17(19)24)8-13(23)10-18(21)25/h12-19,23-25H,4-10H2,1-3H3/t12?,13?,14-,15+,16+,17?,18?,19+,20-,21+/m1/s1. The van der Waals surface area contributed by atoms with Gasteiger partial charge in [-0.15, -0.1) is 0 Å². The zero-order valence-corrected chi connectivity index (χ0v) is 15.8. The van der Waals surface area contributed by atoms with E-state index in [-0.39, 0.29) is 34.7 Å². The molecule has 4 aliphatic carbocycles. The Hall–Kier alpha value is -0.450. The van der Waals surface area contributed by atoms with Gasteiger partial charge in [0.15, 0.2) is 0 Å². The van der Waals surface area contributed by atoms with E-state index in [4.69, 9.17) is 0 Å². The lowest BCUT2D eigenvalue weighted by molar-refractivity contribution is -0.211. The summed E-state index contributed by atoms with van der Waals surface area (Å²) < 4.78 is 0. The van der Waals surface area contributed by atoms with Gasteiger partial charge < -0.3 is 15.3 Å². The molecule has 4 unspecified atom stereocenters. The Bertz CT molecular complexity index is 562. The molecule has 4 heteroatoms. The van der Waals surface area contributed by atoms with Gasteiger partial charge in [0, 0.05) is 5.92 Å². The fourth-order valence-corrected chi connectivity index (χ4v) is 7.94. The monoisotopic (exact) mass is 350 g/mol. The number of aliphatic hydroxyl groups excluding tert-OH is 3. The first kappa shape index (κ1) is 17.9. The molecule has 0 aromatic carbocycles. The summed E-state index contributed by atoms with van der Waals surface area (Å²) in [6.45, 7) is 6.21. The van der Waals surface area contributed by atoms with Gasteiger partial charge in [0.1, 0.15) is 5.78 Å². The first-order chi connectivity index (χ1) is 11.7. The Labute approximate surface area is 151 Å². The van der Waals surface area contributed by atoms with Gasteiger partial charge in [-0.2, -0.15) is 0 Å². The second kappa shape index (κ2) is 5.77. The quantitative estimate of drug-likeness (QED) is 0.679. The van der Waals surface area contributed by atoms with E-state index in [1.807, 2.05) is 0 Å². The van der Waals surface area contributed by atoms with Gasteiger partial charge in [0.25, 0.3) is 0 Å². The van der Waals surface area contributed by atoms with Crippen molar-refractivity contribution in [2.24, 2.45) is 40.4 Å². The van der Waals surface area contributed by atoms with Gasteiger partial charge in [-0.1, -0.05) is 13.8 Å². The van der Waals surface area contributed by atoms with Gasteiger partial charge >= 0.3 is 0 Å². The molecule has 4 rings (SSSR count). The minimum Gasteiger partial charge on any atom is -0.393 e. The van der Waals surface area contributed by atoms with Crippen LogP contribution in [0.1, 0.15) is 65.7 Å². The summed E-state index contributed by atoms with van der Waals surface area (Å²) in [5.74, 6) is 1.50. The van der Waals surface area contributed by atoms with E-state index >= 15 is 0 Å². The third kappa shape index (κ3) is 2.33. The van der Waals surface area contributed by atoms with Crippen molar-refractivity contribution < 1.29 is 20.1 Å². The van der Waals surface area contributed by atoms with Crippen LogP contribution in [0.5, 0.6) is 0 Å². The smallest absolute Gasteiger partial charge is 0.133 e. The van der Waals surface area contributed by atoms with E-state index in [0.717, 1.165) is 25.7 Å². The number of fused-ring (bicyclic) bond motifs is 5. The number of Topliss-reactive ketones (excluding diaryl/α,β-unsaturated/α-hetero) is 1. The van der Waals surface area contributed by atoms with Crippen LogP contribution in [0.4, 0.5) is 0 Å². The predicted octanol–water partition coefficient (Wildman–Crippen LogP) is 2.54. The highest BCUT2D eigenvalue weighted by Crippen LogP contribution is 2.67. The molecule has 4 fully saturated rings. The van der Waals surface area contributed by atoms with Crippen LogP contribution in [0.3, 0.4) is 0 Å². The van der Waals surface area contributed by atoms with Gasteiger partial charge in [-0.25, -0.2) is 0 Å². The van der Waals surface area contributed by atoms with Crippen LogP contribution in [0.2, 0.25) is 0 Å². The van der Waals surface area contributed by atoms with Crippen LogP contribution >= 0.6 is 0 Å². The van der Waals surface area contributed by atoms with Crippen LogP contribution in [0.25, 0.3) is 0 Å². The maximum Gasteiger partial charge on any atom is 0.133 e. The molecule has 10 atom stereocenters. The average Bonchev–Trinajstić information content (AvgIpc) is 2.87. The number of hydrogen-bond donors (Lipinski definition) is 3. The van der Waals surface area contributed by atoms with Gasteiger partial charge in [-0.05, 0) is 86.4 Å². The van der Waals surface area contributed by atoms with Crippen LogP contribution in [0, 0.1) is 40.4 Å². The maximum atomic E-state index is 12.2. The first-order valence-corrected chi connectivity index (χ1v) is 10.2. The summed E-state index contributed by atoms with van der Waals surface area (Å²) in [6.07, 6.45) is 4.53. The Morgan fingerprint density at radius 3 is 2.36 bits per heavy atom. The summed E-state index contributed by atoms with van der Waals surface area (Å²) in [5.41, 5.74) is -0.199. The van der Waals surface area contributed by atoms with Gasteiger partial charge in [0.05, 0.1) is 18.3 Å². The summed E-state index contributed by atoms with van der Waals surface area (Å²) in [6, 6.07) is 0. The molecule has 0 aliphatic heterocycles. The van der Waals surface area contributed by atoms with Crippen molar-refractivity contribution in [2.45, 2.75) is 84.0 Å². The fraction of sp³-hybridized carbons (Fsp3) is 0.952. The molecule has 0 spiro atoms. The second-order valence-electron chi connectivity index (χ2n) is 10.1. The zero-order valence-electron chi connectivity index (χ0n) is 15.8. The Balaban J connectivity index is 1.69. The molecule has 0 heterocycles. The lowest BCUT2D eigenvalue weighted by Gasteiger charge is -2.63. The molecule has 0 aromatic rings. The molecule has 142 valence electrons. The van der Waals surface area contributed by atoms with Gasteiger partial charge in [0.2, 0.25) is 0 Å². The zero-order chi connectivity index (χ0) is 18.1. The third-order valence-electron chi connectivity index (χ3n) is 9.24. The highest BCUT2D eigenvalue weighted by atomic mass is 16.3. The van der Waals surface area contributed by atoms with Crippen LogP contribution in [0.15, 0.2) is 0 Å². The van der Waals surface area contributed by atoms with Crippen LogP contribution < -0.4 is 0 Å². The number of ketones is 1. The molecule has 0 amide bonds. The molecule has 0 aromatic heterocycles. The van der Waals surface area contributed by atoms with E-state index in [0.29, 0.717) is 36.9 Å². The predicted molar refractivity (Wildman–Crippen MR) is 94.7 cm³/mol. The highest BCUT2D eigenvalue weighted by molar-refractivity contribution is 5.79. The SMILES string of the molecule is CC(=O)[C@H]1CC[C@H]2[C@@H]3C(O)CC4CC(O)CC(O)[C@]4(C)[C@H]3CC[C@]12C. The minimum atomic E-state index is -0.490. The van der Waals surface area contributed by atoms with Crippen molar-refractivity contribution in [3.63, 3.8) is 0 Å². The first-order valence-electron chi connectivity index (χ1n) is 10.2. The van der Waals surface area contributed by atoms with E-state index < -0.39 is 12.2 Å². The van der Waals surface area contributed by atoms with E-state index in [9.17, 15) is 20.1 Å². The Kier molecular flexibility index (Phi) is 4.14. The number of rotatable bonds is 1. The summed E-state index contributed by atoms with van der Waals surface area (Å²) in [7, 11) is 0. The fourth-order valence-electron chi connectivity index (χ4n) is 7.94. The lowest BCUT2D eigenvalue weighted by Crippen LogP contribution is -2.62. The molecular weight excluding hydrogens is 316 g/mol. The lowest BCUT2D eigenvalue weighted by atomic mass is 9.43. The molecule has 4 saturated carbocycles. The number of aliphatic hydroxyl groups is 3. The van der Waals surface area contributed by atoms with Crippen molar-refractivity contribution in [2.75, 3.05) is 0 Å². The largest absolute Gasteiger partial charge is 0.393 e. The highest BCUT2D eigenvalue weighted by Gasteiger charge is 2.64. The number of carbonyl (C=O) groups excluding carboxylic acids is 1. The summed E-state index contributed by atoms with van der Waals surface area (Å²) in [4.78, 5) is 12.2. The van der Waals surface area contributed by atoms with Crippen molar-refractivity contribution in [1.82, 2.24) is 0 Å². The van der Waals surface area contributed by atoms with Crippen LogP contribution in [-0.4, -0.2) is 39.4 Å². The minimum absolute atomic E-state index is 0.0102. The molecule has 0 saturated heterocycles. The number of carbonyl (C=O) groups is 1. The molecule has 4 aliphatic rings. The average molecular weight is 350 g/mol. The summed E-state index contributed by atoms with van der Waals surface area (Å²) in [5, 5.41) is 32.1. The molecule has 25 heavy (non-hydrogen) atoms. The topological polar surface area (TPSA) is 77.8 Å². The number of hydrogen-bond acceptors (Lipinski definition) is 4. The third-order valence-corrected chi connectivity index (χ3v) is 9.24. The molecule has 4 nitrogen and oxygen atoms in total. The normalized spacial score (nSPS) is 58.2. The van der Waals surface area contributed by atoms with Crippen molar-refractivity contribution in [3.8, 4) is 0 Å². The van der Waals surface area contributed by atoms with E-state index in [2.05, 4.69) is 13.8 Å².